The van der Waals surface area contributed by atoms with Gasteiger partial charge < -0.3 is 5.32 Å². The van der Waals surface area contributed by atoms with E-state index in [9.17, 15) is 10.1 Å². The molecule has 4 nitrogen and oxygen atoms in total. The number of nitrogens with zero attached hydrogens (tertiary/aromatic N) is 2. The molecule has 1 saturated heterocycles. The van der Waals surface area contributed by atoms with Gasteiger partial charge in [0, 0.05) is 12.1 Å². The molecule has 0 saturated carbocycles. The molecule has 3 rings (SSSR count). The molecule has 0 aliphatic carbocycles. The van der Waals surface area contributed by atoms with Crippen LogP contribution in [0.5, 0.6) is 0 Å². The molecule has 0 bridgehead atoms. The molecule has 26 heavy (non-hydrogen) atoms. The Morgan fingerprint density at radius 1 is 1.12 bits per heavy atom. The molecule has 1 heterocycles. The molecule has 0 spiro atoms. The monoisotopic (exact) mass is 341 g/mol. The van der Waals surface area contributed by atoms with E-state index in [-0.39, 0.29) is 5.91 Å². The van der Waals surface area contributed by atoms with Crippen molar-refractivity contribution in [3.8, 4) is 23.3 Å². The van der Waals surface area contributed by atoms with Gasteiger partial charge >= 0.3 is 0 Å². The predicted molar refractivity (Wildman–Crippen MR) is 101 cm³/mol. The molecule has 1 amide bonds. The van der Waals surface area contributed by atoms with Gasteiger partial charge in [-0.05, 0) is 78.8 Å². The lowest BCUT2D eigenvalue weighted by Gasteiger charge is -2.20. The number of nitriles is 2. The molecule has 0 atom stereocenters. The van der Waals surface area contributed by atoms with Gasteiger partial charge in [0.25, 0.3) is 0 Å². The molecule has 2 aromatic rings. The zero-order chi connectivity index (χ0) is 18.7. The topological polar surface area (TPSA) is 76.7 Å². The van der Waals surface area contributed by atoms with E-state index in [1.165, 1.54) is 0 Å². The number of rotatable bonds is 2. The van der Waals surface area contributed by atoms with Gasteiger partial charge in [-0.25, -0.2) is 0 Å². The van der Waals surface area contributed by atoms with Crippen LogP contribution in [0.4, 0.5) is 0 Å². The summed E-state index contributed by atoms with van der Waals surface area (Å²) in [6.07, 6.45) is 1.67. The van der Waals surface area contributed by atoms with Crippen LogP contribution in [0.1, 0.15) is 42.0 Å². The summed E-state index contributed by atoms with van der Waals surface area (Å²) in [7, 11) is 0. The molecule has 2 aromatic carbocycles. The van der Waals surface area contributed by atoms with Crippen LogP contribution in [0.2, 0.25) is 0 Å². The highest BCUT2D eigenvalue weighted by Crippen LogP contribution is 2.33. The van der Waals surface area contributed by atoms with Crippen LogP contribution in [-0.2, 0) is 4.79 Å². The van der Waals surface area contributed by atoms with Crippen molar-refractivity contribution >= 4 is 11.5 Å². The van der Waals surface area contributed by atoms with Crippen LogP contribution in [0, 0.1) is 29.6 Å². The number of carbonyl (C=O) groups is 1. The van der Waals surface area contributed by atoms with Gasteiger partial charge in [0.05, 0.1) is 23.3 Å². The zero-order valence-electron chi connectivity index (χ0n) is 14.9. The third-order valence-electron chi connectivity index (χ3n) is 4.86. The Labute approximate surface area is 153 Å². The fourth-order valence-electron chi connectivity index (χ4n) is 3.43. The molecule has 4 heteroatoms. The summed E-state index contributed by atoms with van der Waals surface area (Å²) in [6, 6.07) is 15.4. The van der Waals surface area contributed by atoms with Gasteiger partial charge in [0.1, 0.15) is 0 Å². The second-order valence-electron chi connectivity index (χ2n) is 6.46. The predicted octanol–water partition coefficient (Wildman–Crippen LogP) is 4.09. The van der Waals surface area contributed by atoms with Crippen molar-refractivity contribution in [1.29, 1.82) is 10.5 Å². The first-order chi connectivity index (χ1) is 12.5. The Morgan fingerprint density at radius 2 is 1.88 bits per heavy atom. The van der Waals surface area contributed by atoms with E-state index in [2.05, 4.69) is 17.5 Å². The number of piperidine rings is 1. The third kappa shape index (κ3) is 3.23. The van der Waals surface area contributed by atoms with Crippen LogP contribution in [0.25, 0.3) is 16.7 Å². The van der Waals surface area contributed by atoms with Crippen LogP contribution in [0.15, 0.2) is 42.0 Å². The maximum Gasteiger partial charge on any atom is 0.247 e. The van der Waals surface area contributed by atoms with Crippen LogP contribution < -0.4 is 5.32 Å². The van der Waals surface area contributed by atoms with E-state index >= 15 is 0 Å². The number of allylic oxidation sites excluding steroid dienone is 1. The fourth-order valence-corrected chi connectivity index (χ4v) is 3.43. The lowest BCUT2D eigenvalue weighted by molar-refractivity contribution is -0.118. The number of benzene rings is 2. The average Bonchev–Trinajstić information content (AvgIpc) is 2.68. The lowest BCUT2D eigenvalue weighted by atomic mass is 9.87. The Kier molecular flexibility index (Phi) is 4.87. The third-order valence-corrected chi connectivity index (χ3v) is 4.86. The summed E-state index contributed by atoms with van der Waals surface area (Å²) >= 11 is 0. The Hall–Kier alpha value is -3.37. The van der Waals surface area contributed by atoms with Crippen molar-refractivity contribution in [2.75, 3.05) is 6.54 Å². The van der Waals surface area contributed by atoms with Gasteiger partial charge in [0.2, 0.25) is 5.91 Å². The summed E-state index contributed by atoms with van der Waals surface area (Å²) in [5.74, 6) is -0.0245. The Morgan fingerprint density at radius 3 is 2.58 bits per heavy atom. The van der Waals surface area contributed by atoms with Gasteiger partial charge in [0.15, 0.2) is 0 Å². The Balaban J connectivity index is 2.22. The number of hydrogen-bond donors (Lipinski definition) is 1. The number of carbonyl (C=O) groups excluding carboxylic acids is 1. The first-order valence-corrected chi connectivity index (χ1v) is 8.58. The molecule has 1 aliphatic rings. The van der Waals surface area contributed by atoms with Gasteiger partial charge in [-0.1, -0.05) is 12.1 Å². The zero-order valence-corrected chi connectivity index (χ0v) is 14.9. The highest BCUT2D eigenvalue weighted by Gasteiger charge is 2.20. The largest absolute Gasteiger partial charge is 0.352 e. The van der Waals surface area contributed by atoms with Gasteiger partial charge in [-0.2, -0.15) is 10.5 Å². The summed E-state index contributed by atoms with van der Waals surface area (Å²) in [6.45, 7) is 4.65. The lowest BCUT2D eigenvalue weighted by Crippen LogP contribution is -2.31. The van der Waals surface area contributed by atoms with E-state index in [4.69, 9.17) is 5.26 Å². The van der Waals surface area contributed by atoms with E-state index in [1.54, 1.807) is 6.07 Å². The van der Waals surface area contributed by atoms with Gasteiger partial charge in [-0.15, -0.1) is 0 Å². The number of hydrogen-bond acceptors (Lipinski definition) is 3. The summed E-state index contributed by atoms with van der Waals surface area (Å²) in [5, 5.41) is 21.5. The minimum Gasteiger partial charge on any atom is -0.352 e. The molecular weight excluding hydrogens is 322 g/mol. The SMILES string of the molecule is C/C(=C1/CCCNC1=O)c1cc(C#N)cc(-c2cccc(C#N)c2)c1C. The highest BCUT2D eigenvalue weighted by atomic mass is 16.1. The number of nitrogens with one attached hydrogen (secondary N) is 1. The minimum absolute atomic E-state index is 0.0245. The van der Waals surface area contributed by atoms with Gasteiger partial charge in [-0.3, -0.25) is 4.79 Å². The normalized spacial score (nSPS) is 15.6. The summed E-state index contributed by atoms with van der Waals surface area (Å²) in [5.41, 5.74) is 6.53. The second-order valence-corrected chi connectivity index (χ2v) is 6.46. The minimum atomic E-state index is -0.0245. The van der Waals surface area contributed by atoms with Crippen LogP contribution in [-0.4, -0.2) is 12.5 Å². The van der Waals surface area contributed by atoms with E-state index in [0.29, 0.717) is 17.7 Å². The highest BCUT2D eigenvalue weighted by molar-refractivity contribution is 6.02. The van der Waals surface area contributed by atoms with Crippen molar-refractivity contribution in [1.82, 2.24) is 5.32 Å². The molecule has 1 fully saturated rings. The van der Waals surface area contributed by atoms with Crippen molar-refractivity contribution in [3.05, 3.63) is 64.2 Å². The molecule has 0 radical (unpaired) electrons. The quantitative estimate of drug-likeness (QED) is 0.836. The second kappa shape index (κ2) is 7.25. The van der Waals surface area contributed by atoms with Crippen molar-refractivity contribution < 1.29 is 4.79 Å². The van der Waals surface area contributed by atoms with E-state index in [1.807, 2.05) is 44.2 Å². The van der Waals surface area contributed by atoms with Crippen molar-refractivity contribution in [3.63, 3.8) is 0 Å². The van der Waals surface area contributed by atoms with Crippen molar-refractivity contribution in [2.24, 2.45) is 0 Å². The first-order valence-electron chi connectivity index (χ1n) is 8.58. The average molecular weight is 341 g/mol. The van der Waals surface area contributed by atoms with Crippen LogP contribution >= 0.6 is 0 Å². The molecular formula is C22H19N3O. The molecule has 0 aromatic heterocycles. The fraction of sp³-hybridized carbons (Fsp3) is 0.227. The molecule has 1 N–H and O–H groups in total. The van der Waals surface area contributed by atoms with E-state index < -0.39 is 0 Å². The van der Waals surface area contributed by atoms with Crippen molar-refractivity contribution in [2.45, 2.75) is 26.7 Å². The first kappa shape index (κ1) is 17.5. The Bertz CT molecular complexity index is 1000. The standard InChI is InChI=1S/C22H19N3O/c1-14(19-7-4-8-25-22(19)26)20-10-17(13-24)11-21(15(20)2)18-6-3-5-16(9-18)12-23/h3,5-6,9-11H,4,7-8H2,1-2H3,(H,25,26)/b19-14+. The maximum absolute atomic E-state index is 12.2. The summed E-state index contributed by atoms with van der Waals surface area (Å²) in [4.78, 5) is 12.2. The molecule has 1 aliphatic heterocycles. The van der Waals surface area contributed by atoms with Crippen LogP contribution in [0.3, 0.4) is 0 Å². The smallest absolute Gasteiger partial charge is 0.247 e. The summed E-state index contributed by atoms with van der Waals surface area (Å²) < 4.78 is 0. The molecule has 0 unspecified atom stereocenters. The maximum atomic E-state index is 12.2. The molecule has 128 valence electrons. The number of amides is 1. The van der Waals surface area contributed by atoms with E-state index in [0.717, 1.165) is 46.2 Å².